The summed E-state index contributed by atoms with van der Waals surface area (Å²) < 4.78 is 2.49. The van der Waals surface area contributed by atoms with E-state index in [4.69, 9.17) is 4.99 Å². The van der Waals surface area contributed by atoms with Crippen LogP contribution in [0.2, 0.25) is 0 Å². The van der Waals surface area contributed by atoms with Crippen molar-refractivity contribution in [2.75, 3.05) is 7.05 Å². The molecule has 0 heterocycles. The monoisotopic (exact) mass is 438 g/mol. The predicted molar refractivity (Wildman–Crippen MR) is 141 cm³/mol. The van der Waals surface area contributed by atoms with Crippen LogP contribution < -0.4 is 0 Å². The van der Waals surface area contributed by atoms with Crippen LogP contribution in [-0.2, 0) is 0 Å². The summed E-state index contributed by atoms with van der Waals surface area (Å²) in [5.74, 6) is 1.61. The van der Waals surface area contributed by atoms with Crippen LogP contribution in [0.25, 0.3) is 0 Å². The van der Waals surface area contributed by atoms with Crippen LogP contribution in [-0.4, -0.2) is 28.9 Å². The fourth-order valence-corrected chi connectivity index (χ4v) is 7.11. The molecule has 0 saturated carbocycles. The van der Waals surface area contributed by atoms with Crippen molar-refractivity contribution < 1.29 is 0 Å². The van der Waals surface area contributed by atoms with E-state index in [1.54, 1.807) is 0 Å². The number of benzene rings is 1. The largest absolute Gasteiger partial charge is 0.338 e. The minimum absolute atomic E-state index is 0.00863. The third kappa shape index (κ3) is 6.91. The van der Waals surface area contributed by atoms with E-state index in [9.17, 15) is 0 Å². The maximum absolute atomic E-state index is 5.39. The summed E-state index contributed by atoms with van der Waals surface area (Å²) >= 11 is 0. The second-order valence-electron chi connectivity index (χ2n) is 9.87. The van der Waals surface area contributed by atoms with Gasteiger partial charge in [-0.05, 0) is 45.1 Å². The van der Waals surface area contributed by atoms with Crippen LogP contribution in [0.3, 0.4) is 0 Å². The van der Waals surface area contributed by atoms with E-state index in [0.717, 1.165) is 18.7 Å². The molecular weight excluding hydrogens is 395 g/mol. The second kappa shape index (κ2) is 11.3. The second-order valence-corrected chi connectivity index (χ2v) is 13.3. The van der Waals surface area contributed by atoms with Crippen molar-refractivity contribution in [1.29, 1.82) is 0 Å². The Labute approximate surface area is 193 Å². The normalized spacial score (nSPS) is 24.0. The van der Waals surface area contributed by atoms with E-state index in [1.165, 1.54) is 16.8 Å². The van der Waals surface area contributed by atoms with Crippen LogP contribution in [0.15, 0.2) is 65.3 Å². The summed E-state index contributed by atoms with van der Waals surface area (Å²) in [4.78, 5) is 5.39. The Morgan fingerprint density at radius 2 is 1.61 bits per heavy atom. The minimum atomic E-state index is -0.343. The zero-order chi connectivity index (χ0) is 23.2. The summed E-state index contributed by atoms with van der Waals surface area (Å²) in [7, 11) is 1.91. The van der Waals surface area contributed by atoms with Gasteiger partial charge in [0.25, 0.3) is 0 Å². The van der Waals surface area contributed by atoms with Gasteiger partial charge in [-0.25, -0.2) is 4.99 Å². The zero-order valence-corrected chi connectivity index (χ0v) is 22.1. The van der Waals surface area contributed by atoms with Crippen LogP contribution in [0.5, 0.6) is 0 Å². The highest BCUT2D eigenvalue weighted by molar-refractivity contribution is 7.57. The van der Waals surface area contributed by atoms with E-state index in [2.05, 4.69) is 122 Å². The first-order valence-electron chi connectivity index (χ1n) is 11.8. The first-order valence-corrected chi connectivity index (χ1v) is 13.2. The first-order chi connectivity index (χ1) is 14.5. The van der Waals surface area contributed by atoms with Gasteiger partial charge in [-0.2, -0.15) is 0 Å². The minimum Gasteiger partial charge on any atom is -0.338 e. The number of amidine groups is 1. The summed E-state index contributed by atoms with van der Waals surface area (Å²) in [6.07, 6.45) is 13.4. The molecule has 0 spiro atoms. The number of aryl methyl sites for hydroxylation is 1. The first kappa shape index (κ1) is 25.6. The molecule has 0 aromatic heterocycles. The highest BCUT2D eigenvalue weighted by atomic mass is 31.1. The molecule has 0 N–H and O–H groups in total. The van der Waals surface area contributed by atoms with Crippen LogP contribution in [0, 0.1) is 18.3 Å². The lowest BCUT2D eigenvalue weighted by Gasteiger charge is -2.37. The Kier molecular flexibility index (Phi) is 9.31. The standard InChI is InChI=1S/C28H43N2P/c1-21(2)28(8)19-13-11-10-12-14-26(20-28)29-27(25-17-15-24(7)16-18-25)30(9)31(22(3)4)23(5)6/h10-11,13,15-23H,12,14H2,1-9H3/b11-10-,19-13-,26-20-,29-27?. The molecule has 31 heavy (non-hydrogen) atoms. The Hall–Kier alpha value is -1.66. The molecule has 1 aliphatic rings. The molecular formula is C28H43N2P. The van der Waals surface area contributed by atoms with Crippen molar-refractivity contribution in [3.63, 3.8) is 0 Å². The maximum atomic E-state index is 5.39. The molecule has 1 aromatic rings. The molecule has 0 amide bonds. The van der Waals surface area contributed by atoms with Gasteiger partial charge in [0, 0.05) is 23.7 Å². The molecule has 3 heteroatoms. The topological polar surface area (TPSA) is 15.6 Å². The molecule has 1 aliphatic carbocycles. The number of rotatable bonds is 6. The Bertz CT molecular complexity index is 819. The van der Waals surface area contributed by atoms with Crippen LogP contribution in [0.4, 0.5) is 0 Å². The Morgan fingerprint density at radius 3 is 2.16 bits per heavy atom. The van der Waals surface area contributed by atoms with E-state index < -0.39 is 0 Å². The van der Waals surface area contributed by atoms with Gasteiger partial charge in [-0.3, -0.25) is 0 Å². The molecule has 1 unspecified atom stereocenters. The summed E-state index contributed by atoms with van der Waals surface area (Å²) in [5.41, 5.74) is 4.89. The van der Waals surface area contributed by atoms with E-state index in [1.807, 2.05) is 0 Å². The van der Waals surface area contributed by atoms with Gasteiger partial charge in [-0.15, -0.1) is 0 Å². The summed E-state index contributed by atoms with van der Waals surface area (Å²) in [6.45, 7) is 18.5. The fourth-order valence-electron chi connectivity index (χ4n) is 4.16. The summed E-state index contributed by atoms with van der Waals surface area (Å²) in [5, 5.41) is 0. The van der Waals surface area contributed by atoms with E-state index in [-0.39, 0.29) is 13.5 Å². The molecule has 0 aliphatic heterocycles. The number of allylic oxidation sites excluding steroid dienone is 6. The van der Waals surface area contributed by atoms with E-state index >= 15 is 0 Å². The van der Waals surface area contributed by atoms with Gasteiger partial charge in [0.2, 0.25) is 0 Å². The average molecular weight is 439 g/mol. The molecule has 1 aromatic carbocycles. The third-order valence-electron chi connectivity index (χ3n) is 6.26. The van der Waals surface area contributed by atoms with Crippen molar-refractivity contribution >= 4 is 13.9 Å². The average Bonchev–Trinajstić information content (AvgIpc) is 2.77. The molecule has 0 fully saturated rings. The smallest absolute Gasteiger partial charge is 0.139 e. The number of aliphatic imine (C=N–C) groups is 1. The van der Waals surface area contributed by atoms with Gasteiger partial charge >= 0.3 is 0 Å². The number of hydrogen-bond acceptors (Lipinski definition) is 1. The van der Waals surface area contributed by atoms with Gasteiger partial charge in [0.1, 0.15) is 5.84 Å². The molecule has 1 atom stereocenters. The Balaban J connectivity index is 2.64. The molecule has 2 rings (SSSR count). The molecule has 0 bridgehead atoms. The highest BCUT2D eigenvalue weighted by Crippen LogP contribution is 2.49. The Morgan fingerprint density at radius 1 is 1.00 bits per heavy atom. The third-order valence-corrected chi connectivity index (χ3v) is 9.26. The van der Waals surface area contributed by atoms with Gasteiger partial charge in [0.05, 0.1) is 0 Å². The lowest BCUT2D eigenvalue weighted by molar-refractivity contribution is 0.380. The van der Waals surface area contributed by atoms with Crippen LogP contribution >= 0.6 is 8.07 Å². The predicted octanol–water partition coefficient (Wildman–Crippen LogP) is 8.34. The summed E-state index contributed by atoms with van der Waals surface area (Å²) in [6, 6.07) is 8.87. The number of hydrogen-bond donors (Lipinski definition) is 0. The van der Waals surface area contributed by atoms with Crippen molar-refractivity contribution in [1.82, 2.24) is 4.67 Å². The SMILES string of the molecule is Cc1ccc(C(=N/C2=C\C(C)(C(C)C)/C=C\C=C/CC2)N(C)P(C(C)C)C(C)C)cc1. The van der Waals surface area contributed by atoms with Gasteiger partial charge in [0.15, 0.2) is 0 Å². The fraction of sp³-hybridized carbons (Fsp3) is 0.536. The highest BCUT2D eigenvalue weighted by Gasteiger charge is 2.27. The van der Waals surface area contributed by atoms with E-state index in [0.29, 0.717) is 17.2 Å². The molecule has 170 valence electrons. The van der Waals surface area contributed by atoms with Gasteiger partial charge in [-0.1, -0.05) is 109 Å². The van der Waals surface area contributed by atoms with Crippen molar-refractivity contribution in [2.45, 2.75) is 79.5 Å². The zero-order valence-electron chi connectivity index (χ0n) is 21.2. The van der Waals surface area contributed by atoms with Crippen molar-refractivity contribution in [3.05, 3.63) is 71.5 Å². The quantitative estimate of drug-likeness (QED) is 0.247. The van der Waals surface area contributed by atoms with Crippen LogP contribution in [0.1, 0.15) is 72.4 Å². The molecule has 2 nitrogen and oxygen atoms in total. The lowest BCUT2D eigenvalue weighted by Crippen LogP contribution is -2.29. The maximum Gasteiger partial charge on any atom is 0.139 e. The number of nitrogens with zero attached hydrogens (tertiary/aromatic N) is 2. The molecule has 0 saturated heterocycles. The van der Waals surface area contributed by atoms with Crippen molar-refractivity contribution in [2.24, 2.45) is 16.3 Å². The molecule has 0 radical (unpaired) electrons. The van der Waals surface area contributed by atoms with Gasteiger partial charge < -0.3 is 4.67 Å². The van der Waals surface area contributed by atoms with Crippen molar-refractivity contribution in [3.8, 4) is 0 Å². The lowest BCUT2D eigenvalue weighted by atomic mass is 9.78.